The van der Waals surface area contributed by atoms with E-state index in [2.05, 4.69) is 26.9 Å². The van der Waals surface area contributed by atoms with Gasteiger partial charge in [-0.15, -0.1) is 0 Å². The number of azide groups is 1. The summed E-state index contributed by atoms with van der Waals surface area (Å²) >= 11 is 0. The van der Waals surface area contributed by atoms with Crippen LogP contribution in [0.25, 0.3) is 10.4 Å². The normalized spacial score (nSPS) is 8.43. The monoisotopic (exact) mass is 186 g/mol. The molecule has 0 amide bonds. The van der Waals surface area contributed by atoms with Crippen LogP contribution < -0.4 is 0 Å². The Bertz CT molecular complexity index is 413. The third kappa shape index (κ3) is 3.18. The van der Waals surface area contributed by atoms with Crippen LogP contribution in [0.5, 0.6) is 0 Å². The topological polar surface area (TPSA) is 61.7 Å². The molecule has 0 fully saturated rings. The highest BCUT2D eigenvalue weighted by Crippen LogP contribution is 2.02. The summed E-state index contributed by atoms with van der Waals surface area (Å²) in [6.07, 6.45) is 0. The number of pyridine rings is 1. The Morgan fingerprint density at radius 1 is 1.43 bits per heavy atom. The summed E-state index contributed by atoms with van der Waals surface area (Å²) < 4.78 is 0. The SMILES string of the molecule is Cc1cc(C#CCN=[N+]=[N-])cc(C)n1. The lowest BCUT2D eigenvalue weighted by Crippen LogP contribution is -1.87. The molecule has 1 heterocycles. The van der Waals surface area contributed by atoms with E-state index >= 15 is 0 Å². The number of rotatable bonds is 1. The van der Waals surface area contributed by atoms with E-state index in [0.29, 0.717) is 0 Å². The molecule has 0 unspecified atom stereocenters. The van der Waals surface area contributed by atoms with E-state index in [1.807, 2.05) is 26.0 Å². The largest absolute Gasteiger partial charge is 0.258 e. The summed E-state index contributed by atoms with van der Waals surface area (Å²) in [4.78, 5) is 6.84. The molecule has 14 heavy (non-hydrogen) atoms. The van der Waals surface area contributed by atoms with Gasteiger partial charge in [0, 0.05) is 21.9 Å². The van der Waals surface area contributed by atoms with Gasteiger partial charge in [0.05, 0.1) is 6.54 Å². The number of hydrogen-bond acceptors (Lipinski definition) is 2. The third-order valence-corrected chi connectivity index (χ3v) is 1.53. The number of hydrogen-bond donors (Lipinski definition) is 0. The van der Waals surface area contributed by atoms with Gasteiger partial charge in [-0.2, -0.15) is 0 Å². The van der Waals surface area contributed by atoms with E-state index < -0.39 is 0 Å². The van der Waals surface area contributed by atoms with Gasteiger partial charge < -0.3 is 0 Å². The van der Waals surface area contributed by atoms with Crippen molar-refractivity contribution in [2.24, 2.45) is 5.11 Å². The maximum Gasteiger partial charge on any atom is 0.0880 e. The van der Waals surface area contributed by atoms with E-state index in [4.69, 9.17) is 5.53 Å². The van der Waals surface area contributed by atoms with Gasteiger partial charge in [-0.05, 0) is 31.5 Å². The molecule has 0 N–H and O–H groups in total. The summed E-state index contributed by atoms with van der Waals surface area (Å²) in [5, 5.41) is 3.32. The van der Waals surface area contributed by atoms with Gasteiger partial charge in [0.2, 0.25) is 0 Å². The standard InChI is InChI=1S/C10H10N4/c1-8-6-10(7-9(2)13-8)4-3-5-12-14-11/h6-7H,5H2,1-2H3. The van der Waals surface area contributed by atoms with Crippen LogP contribution in [0.4, 0.5) is 0 Å². The second-order valence-corrected chi connectivity index (χ2v) is 2.83. The van der Waals surface area contributed by atoms with E-state index in [-0.39, 0.29) is 6.54 Å². The fourth-order valence-electron chi connectivity index (χ4n) is 1.12. The Morgan fingerprint density at radius 2 is 2.07 bits per heavy atom. The van der Waals surface area contributed by atoms with Gasteiger partial charge >= 0.3 is 0 Å². The van der Waals surface area contributed by atoms with Crippen LogP contribution >= 0.6 is 0 Å². The third-order valence-electron chi connectivity index (χ3n) is 1.53. The molecule has 0 saturated carbocycles. The second-order valence-electron chi connectivity index (χ2n) is 2.83. The summed E-state index contributed by atoms with van der Waals surface area (Å²) in [6.45, 7) is 4.05. The van der Waals surface area contributed by atoms with Crippen LogP contribution in [0.15, 0.2) is 17.2 Å². The maximum absolute atomic E-state index is 8.03. The molecule has 1 aromatic rings. The molecule has 1 aromatic heterocycles. The van der Waals surface area contributed by atoms with Crippen LogP contribution in [0.2, 0.25) is 0 Å². The first kappa shape index (κ1) is 10.1. The van der Waals surface area contributed by atoms with Gasteiger partial charge in [-0.25, -0.2) is 0 Å². The van der Waals surface area contributed by atoms with Crippen molar-refractivity contribution in [1.29, 1.82) is 0 Å². The fraction of sp³-hybridized carbons (Fsp3) is 0.300. The molecule has 0 bridgehead atoms. The smallest absolute Gasteiger partial charge is 0.0880 e. The Kier molecular flexibility index (Phi) is 3.54. The fourth-order valence-corrected chi connectivity index (χ4v) is 1.12. The first-order valence-electron chi connectivity index (χ1n) is 4.17. The number of aryl methyl sites for hydroxylation is 2. The van der Waals surface area contributed by atoms with Crippen LogP contribution in [0.3, 0.4) is 0 Å². The molecular formula is C10H10N4. The highest BCUT2D eigenvalue weighted by Gasteiger charge is 1.92. The van der Waals surface area contributed by atoms with Crippen molar-refractivity contribution in [3.8, 4) is 11.8 Å². The minimum absolute atomic E-state index is 0.205. The zero-order valence-electron chi connectivity index (χ0n) is 8.15. The number of aromatic nitrogens is 1. The second kappa shape index (κ2) is 4.90. The van der Waals surface area contributed by atoms with Gasteiger partial charge in [-0.3, -0.25) is 4.98 Å². The predicted molar refractivity (Wildman–Crippen MR) is 54.6 cm³/mol. The zero-order chi connectivity index (χ0) is 10.4. The minimum atomic E-state index is 0.205. The van der Waals surface area contributed by atoms with Crippen molar-refractivity contribution in [3.05, 3.63) is 39.5 Å². The van der Waals surface area contributed by atoms with Crippen LogP contribution in [-0.4, -0.2) is 11.5 Å². The van der Waals surface area contributed by atoms with Gasteiger partial charge in [0.25, 0.3) is 0 Å². The Labute approximate surface area is 82.6 Å². The van der Waals surface area contributed by atoms with Crippen molar-refractivity contribution in [3.63, 3.8) is 0 Å². The van der Waals surface area contributed by atoms with Gasteiger partial charge in [0.1, 0.15) is 0 Å². The Morgan fingerprint density at radius 3 is 2.64 bits per heavy atom. The minimum Gasteiger partial charge on any atom is -0.258 e. The molecule has 0 saturated heterocycles. The molecule has 0 radical (unpaired) electrons. The van der Waals surface area contributed by atoms with E-state index in [9.17, 15) is 0 Å². The van der Waals surface area contributed by atoms with Gasteiger partial charge in [0.15, 0.2) is 0 Å². The van der Waals surface area contributed by atoms with Crippen LogP contribution in [0.1, 0.15) is 17.0 Å². The lowest BCUT2D eigenvalue weighted by atomic mass is 10.2. The molecule has 0 aliphatic rings. The summed E-state index contributed by atoms with van der Waals surface area (Å²) in [5.74, 6) is 5.67. The molecule has 0 aliphatic heterocycles. The van der Waals surface area contributed by atoms with E-state index in [0.717, 1.165) is 17.0 Å². The Hall–Kier alpha value is -1.98. The zero-order valence-corrected chi connectivity index (χ0v) is 8.15. The Balaban J connectivity index is 2.84. The van der Waals surface area contributed by atoms with Crippen molar-refractivity contribution < 1.29 is 0 Å². The average Bonchev–Trinajstić information content (AvgIpc) is 2.11. The molecular weight excluding hydrogens is 176 g/mol. The quantitative estimate of drug-likeness (QED) is 0.287. The lowest BCUT2D eigenvalue weighted by Gasteiger charge is -1.96. The molecule has 0 aromatic carbocycles. The maximum atomic E-state index is 8.03. The van der Waals surface area contributed by atoms with Crippen LogP contribution in [0, 0.1) is 25.7 Å². The molecule has 0 spiro atoms. The number of nitrogens with zero attached hydrogens (tertiary/aromatic N) is 4. The molecule has 1 rings (SSSR count). The van der Waals surface area contributed by atoms with Crippen molar-refractivity contribution in [1.82, 2.24) is 4.98 Å². The molecule has 4 heteroatoms. The molecule has 70 valence electrons. The molecule has 0 aliphatic carbocycles. The highest BCUT2D eigenvalue weighted by molar-refractivity contribution is 5.36. The van der Waals surface area contributed by atoms with Crippen LogP contribution in [-0.2, 0) is 0 Å². The summed E-state index contributed by atoms with van der Waals surface area (Å²) in [5.41, 5.74) is 10.8. The van der Waals surface area contributed by atoms with Gasteiger partial charge in [-0.1, -0.05) is 17.0 Å². The molecule has 0 atom stereocenters. The van der Waals surface area contributed by atoms with Crippen molar-refractivity contribution in [2.45, 2.75) is 13.8 Å². The lowest BCUT2D eigenvalue weighted by molar-refractivity contribution is 1.12. The predicted octanol–water partition coefficient (Wildman–Crippen LogP) is 2.36. The summed E-state index contributed by atoms with van der Waals surface area (Å²) in [7, 11) is 0. The van der Waals surface area contributed by atoms with Crippen molar-refractivity contribution in [2.75, 3.05) is 6.54 Å². The van der Waals surface area contributed by atoms with Crippen molar-refractivity contribution >= 4 is 0 Å². The van der Waals surface area contributed by atoms with E-state index in [1.54, 1.807) is 0 Å². The first-order chi connectivity index (χ1) is 6.72. The van der Waals surface area contributed by atoms with E-state index in [1.165, 1.54) is 0 Å². The molecule has 4 nitrogen and oxygen atoms in total. The highest BCUT2D eigenvalue weighted by atomic mass is 15.1. The average molecular weight is 186 g/mol. The summed E-state index contributed by atoms with van der Waals surface area (Å²) in [6, 6.07) is 3.80. The first-order valence-corrected chi connectivity index (χ1v) is 4.17.